The molecule has 6 heteroatoms. The number of anilines is 1. The van der Waals surface area contributed by atoms with Crippen LogP contribution in [-0.2, 0) is 0 Å². The first-order valence-corrected chi connectivity index (χ1v) is 6.95. The molecule has 0 fully saturated rings. The third-order valence-electron chi connectivity index (χ3n) is 2.62. The van der Waals surface area contributed by atoms with Crippen molar-refractivity contribution in [2.75, 3.05) is 10.7 Å². The van der Waals surface area contributed by atoms with Crippen LogP contribution in [0.3, 0.4) is 0 Å². The van der Waals surface area contributed by atoms with Crippen LogP contribution in [0.25, 0.3) is 0 Å². The van der Waals surface area contributed by atoms with Gasteiger partial charge in [0.05, 0.1) is 0 Å². The van der Waals surface area contributed by atoms with Gasteiger partial charge in [-0.25, -0.2) is 4.99 Å². The van der Waals surface area contributed by atoms with Gasteiger partial charge in [-0.05, 0) is 31.7 Å². The van der Waals surface area contributed by atoms with Crippen molar-refractivity contribution in [1.82, 2.24) is 0 Å². The fourth-order valence-corrected chi connectivity index (χ4v) is 2.84. The number of hydrogen-bond donors (Lipinski definition) is 1. The van der Waals surface area contributed by atoms with E-state index in [0.29, 0.717) is 5.96 Å². The first-order valence-electron chi connectivity index (χ1n) is 5.96. The summed E-state index contributed by atoms with van der Waals surface area (Å²) in [4.78, 5) is 10.9. The number of benzene rings is 1. The Labute approximate surface area is 124 Å². The van der Waals surface area contributed by atoms with Crippen molar-refractivity contribution >= 4 is 41.0 Å². The SMILES string of the molecule is CCSC1=NC(N)=NC(C)(C)N1c1ccccc1.Cl. The van der Waals surface area contributed by atoms with Crippen LogP contribution in [0, 0.1) is 0 Å². The fraction of sp³-hybridized carbons (Fsp3) is 0.385. The molecule has 0 aromatic heterocycles. The van der Waals surface area contributed by atoms with Crippen LogP contribution in [-0.4, -0.2) is 22.5 Å². The molecule has 0 atom stereocenters. The molecule has 0 unspecified atom stereocenters. The van der Waals surface area contributed by atoms with E-state index in [0.717, 1.165) is 16.6 Å². The van der Waals surface area contributed by atoms with Gasteiger partial charge in [0.15, 0.2) is 5.17 Å². The van der Waals surface area contributed by atoms with Crippen molar-refractivity contribution in [3.8, 4) is 0 Å². The molecule has 2 rings (SSSR count). The summed E-state index contributed by atoms with van der Waals surface area (Å²) in [6, 6.07) is 10.2. The van der Waals surface area contributed by atoms with Gasteiger partial charge in [-0.15, -0.1) is 12.4 Å². The molecule has 19 heavy (non-hydrogen) atoms. The molecule has 0 aliphatic carbocycles. The Morgan fingerprint density at radius 3 is 2.47 bits per heavy atom. The molecule has 0 radical (unpaired) electrons. The van der Waals surface area contributed by atoms with Crippen LogP contribution in [0.1, 0.15) is 20.8 Å². The first kappa shape index (κ1) is 15.9. The standard InChI is InChI=1S/C13H18N4S.ClH/c1-4-18-12-15-11(14)16-13(2,3)17(12)10-8-6-5-7-9-10;/h5-9H,4H2,1-3H3,(H2,14,16);1H. The highest BCUT2D eigenvalue weighted by Crippen LogP contribution is 2.31. The second kappa shape index (κ2) is 6.30. The van der Waals surface area contributed by atoms with E-state index < -0.39 is 5.66 Å². The minimum atomic E-state index is -0.412. The first-order chi connectivity index (χ1) is 8.54. The number of amidine groups is 1. The fourth-order valence-electron chi connectivity index (χ4n) is 1.97. The summed E-state index contributed by atoms with van der Waals surface area (Å²) in [6.07, 6.45) is 0. The minimum absolute atomic E-state index is 0. The zero-order valence-corrected chi connectivity index (χ0v) is 13.0. The van der Waals surface area contributed by atoms with Crippen LogP contribution in [0.4, 0.5) is 5.69 Å². The van der Waals surface area contributed by atoms with Crippen molar-refractivity contribution in [3.63, 3.8) is 0 Å². The Morgan fingerprint density at radius 2 is 1.89 bits per heavy atom. The van der Waals surface area contributed by atoms with E-state index >= 15 is 0 Å². The Kier molecular flexibility index (Phi) is 5.26. The number of thioether (sulfide) groups is 1. The third-order valence-corrected chi connectivity index (χ3v) is 3.45. The summed E-state index contributed by atoms with van der Waals surface area (Å²) in [5, 5.41) is 0.904. The molecule has 0 saturated carbocycles. The molecule has 4 nitrogen and oxygen atoms in total. The normalized spacial score (nSPS) is 17.3. The molecule has 1 aromatic rings. The highest BCUT2D eigenvalue weighted by atomic mass is 35.5. The van der Waals surface area contributed by atoms with E-state index in [1.54, 1.807) is 11.8 Å². The quantitative estimate of drug-likeness (QED) is 0.913. The Hall–Kier alpha value is -1.20. The van der Waals surface area contributed by atoms with Gasteiger partial charge in [0.1, 0.15) is 5.66 Å². The molecule has 1 heterocycles. The van der Waals surface area contributed by atoms with Gasteiger partial charge in [-0.3, -0.25) is 4.90 Å². The van der Waals surface area contributed by atoms with Crippen LogP contribution in [0.2, 0.25) is 0 Å². The van der Waals surface area contributed by atoms with Crippen LogP contribution < -0.4 is 10.6 Å². The molecule has 0 bridgehead atoms. The third kappa shape index (κ3) is 3.42. The van der Waals surface area contributed by atoms with E-state index in [2.05, 4.69) is 33.9 Å². The van der Waals surface area contributed by atoms with Crippen LogP contribution in [0.5, 0.6) is 0 Å². The summed E-state index contributed by atoms with van der Waals surface area (Å²) in [6.45, 7) is 6.18. The number of guanidine groups is 1. The topological polar surface area (TPSA) is 54.0 Å². The molecular weight excluding hydrogens is 280 g/mol. The second-order valence-electron chi connectivity index (χ2n) is 4.46. The molecule has 1 aliphatic heterocycles. The number of rotatable bonds is 2. The molecule has 1 aromatic carbocycles. The lowest BCUT2D eigenvalue weighted by atomic mass is 10.1. The maximum Gasteiger partial charge on any atom is 0.220 e. The molecule has 0 spiro atoms. The van der Waals surface area contributed by atoms with Gasteiger partial charge >= 0.3 is 0 Å². The van der Waals surface area contributed by atoms with Gasteiger partial charge in [0.25, 0.3) is 0 Å². The Balaban J connectivity index is 0.00000180. The molecule has 2 N–H and O–H groups in total. The number of para-hydroxylation sites is 1. The minimum Gasteiger partial charge on any atom is -0.368 e. The van der Waals surface area contributed by atoms with E-state index in [1.165, 1.54) is 0 Å². The average molecular weight is 299 g/mol. The summed E-state index contributed by atoms with van der Waals surface area (Å²) in [5.41, 5.74) is 6.46. The van der Waals surface area contributed by atoms with E-state index in [-0.39, 0.29) is 12.4 Å². The maximum atomic E-state index is 5.79. The lowest BCUT2D eigenvalue weighted by Crippen LogP contribution is -2.50. The summed E-state index contributed by atoms with van der Waals surface area (Å²) < 4.78 is 0. The number of halogens is 1. The number of nitrogens with two attached hydrogens (primary N) is 1. The Morgan fingerprint density at radius 1 is 1.26 bits per heavy atom. The van der Waals surface area contributed by atoms with Crippen LogP contribution in [0.15, 0.2) is 40.3 Å². The molecular formula is C13H19ClN4S. The average Bonchev–Trinajstić information content (AvgIpc) is 2.28. The molecule has 104 valence electrons. The smallest absolute Gasteiger partial charge is 0.220 e. The number of nitrogens with zero attached hydrogens (tertiary/aromatic N) is 3. The van der Waals surface area contributed by atoms with Crippen molar-refractivity contribution in [1.29, 1.82) is 0 Å². The monoisotopic (exact) mass is 298 g/mol. The van der Waals surface area contributed by atoms with E-state index in [9.17, 15) is 0 Å². The molecule has 0 saturated heterocycles. The van der Waals surface area contributed by atoms with Gasteiger partial charge < -0.3 is 5.73 Å². The van der Waals surface area contributed by atoms with E-state index in [4.69, 9.17) is 5.73 Å². The summed E-state index contributed by atoms with van der Waals surface area (Å²) in [7, 11) is 0. The summed E-state index contributed by atoms with van der Waals surface area (Å²) in [5.74, 6) is 1.30. The van der Waals surface area contributed by atoms with Crippen molar-refractivity contribution in [2.24, 2.45) is 15.7 Å². The predicted octanol–water partition coefficient (Wildman–Crippen LogP) is 3.09. The second-order valence-corrected chi connectivity index (χ2v) is 5.69. The largest absolute Gasteiger partial charge is 0.368 e. The number of hydrogen-bond acceptors (Lipinski definition) is 5. The van der Waals surface area contributed by atoms with E-state index in [1.807, 2.05) is 32.0 Å². The van der Waals surface area contributed by atoms with Gasteiger partial charge in [0, 0.05) is 5.69 Å². The van der Waals surface area contributed by atoms with Gasteiger partial charge in [-0.2, -0.15) is 4.99 Å². The maximum absolute atomic E-state index is 5.79. The molecule has 1 aliphatic rings. The number of aliphatic imine (C=N–C) groups is 2. The Bertz CT molecular complexity index is 485. The lowest BCUT2D eigenvalue weighted by Gasteiger charge is -2.39. The highest BCUT2D eigenvalue weighted by Gasteiger charge is 2.33. The highest BCUT2D eigenvalue weighted by molar-refractivity contribution is 8.14. The molecule has 0 amide bonds. The van der Waals surface area contributed by atoms with Gasteiger partial charge in [-0.1, -0.05) is 36.9 Å². The van der Waals surface area contributed by atoms with Crippen LogP contribution >= 0.6 is 24.2 Å². The zero-order chi connectivity index (χ0) is 13.2. The predicted molar refractivity (Wildman–Crippen MR) is 87.4 cm³/mol. The lowest BCUT2D eigenvalue weighted by molar-refractivity contribution is 0.539. The zero-order valence-electron chi connectivity index (χ0n) is 11.3. The van der Waals surface area contributed by atoms with Gasteiger partial charge in [0.2, 0.25) is 5.96 Å². The van der Waals surface area contributed by atoms with Crippen molar-refractivity contribution in [3.05, 3.63) is 30.3 Å². The van der Waals surface area contributed by atoms with Crippen molar-refractivity contribution in [2.45, 2.75) is 26.4 Å². The van der Waals surface area contributed by atoms with Crippen molar-refractivity contribution < 1.29 is 0 Å². The summed E-state index contributed by atoms with van der Waals surface area (Å²) >= 11 is 1.68.